The average Bonchev–Trinajstić information content (AvgIpc) is 1.85. The second-order valence-corrected chi connectivity index (χ2v) is 3.15. The van der Waals surface area contributed by atoms with Crippen LogP contribution in [0.1, 0.15) is 17.7 Å². The fourth-order valence-corrected chi connectivity index (χ4v) is 1.09. The zero-order chi connectivity index (χ0) is 8.43. The van der Waals surface area contributed by atoms with Crippen molar-refractivity contribution in [3.63, 3.8) is 0 Å². The van der Waals surface area contributed by atoms with Gasteiger partial charge in [0.25, 0.3) is 0 Å². The quantitative estimate of drug-likeness (QED) is 0.624. The van der Waals surface area contributed by atoms with Crippen LogP contribution in [0, 0.1) is 5.82 Å². The molecule has 1 N–H and O–H groups in total. The second-order valence-electron chi connectivity index (χ2n) is 2.38. The van der Waals surface area contributed by atoms with Gasteiger partial charge in [0.15, 0.2) is 0 Å². The molecule has 1 rings (SSSR count). The summed E-state index contributed by atoms with van der Waals surface area (Å²) in [6.07, 6.45) is 0. The van der Waals surface area contributed by atoms with E-state index in [2.05, 4.69) is 12.6 Å². The molecule has 1 atom stereocenters. The first-order valence-electron chi connectivity index (χ1n) is 3.27. The van der Waals surface area contributed by atoms with Crippen LogP contribution in [-0.2, 0) is 0 Å². The number of phenolic OH excluding ortho intramolecular Hbond substituents is 1. The Morgan fingerprint density at radius 1 is 1.55 bits per heavy atom. The van der Waals surface area contributed by atoms with Gasteiger partial charge in [-0.2, -0.15) is 12.6 Å². The van der Waals surface area contributed by atoms with E-state index in [1.54, 1.807) is 0 Å². The topological polar surface area (TPSA) is 20.2 Å². The van der Waals surface area contributed by atoms with Gasteiger partial charge in [-0.25, -0.2) is 4.39 Å². The molecule has 0 amide bonds. The van der Waals surface area contributed by atoms with E-state index >= 15 is 0 Å². The van der Waals surface area contributed by atoms with Gasteiger partial charge >= 0.3 is 0 Å². The zero-order valence-corrected chi connectivity index (χ0v) is 6.98. The van der Waals surface area contributed by atoms with E-state index in [0.717, 1.165) is 6.07 Å². The largest absolute Gasteiger partial charge is 0.508 e. The maximum Gasteiger partial charge on any atom is 0.126 e. The minimum Gasteiger partial charge on any atom is -0.508 e. The fourth-order valence-electron chi connectivity index (χ4n) is 0.870. The van der Waals surface area contributed by atoms with E-state index in [0.29, 0.717) is 5.56 Å². The molecule has 0 saturated heterocycles. The van der Waals surface area contributed by atoms with Crippen molar-refractivity contribution in [2.45, 2.75) is 12.2 Å². The molecule has 0 radical (unpaired) electrons. The molecule has 0 heterocycles. The standard InChI is InChI=1S/C8H9FOS/c1-5(11)7-3-2-6(9)4-8(7)10/h2-5,10-11H,1H3. The van der Waals surface area contributed by atoms with Gasteiger partial charge < -0.3 is 5.11 Å². The van der Waals surface area contributed by atoms with Crippen LogP contribution in [0.3, 0.4) is 0 Å². The van der Waals surface area contributed by atoms with Crippen LogP contribution in [0.15, 0.2) is 18.2 Å². The van der Waals surface area contributed by atoms with Gasteiger partial charge in [-0.05, 0) is 13.0 Å². The Hall–Kier alpha value is -0.700. The van der Waals surface area contributed by atoms with E-state index in [1.807, 2.05) is 6.92 Å². The van der Waals surface area contributed by atoms with Crippen LogP contribution in [0.5, 0.6) is 5.75 Å². The molecule has 1 aromatic rings. The number of phenols is 1. The van der Waals surface area contributed by atoms with Crippen molar-refractivity contribution in [1.29, 1.82) is 0 Å². The highest BCUT2D eigenvalue weighted by molar-refractivity contribution is 7.80. The Morgan fingerprint density at radius 3 is 2.64 bits per heavy atom. The highest BCUT2D eigenvalue weighted by atomic mass is 32.1. The predicted molar refractivity (Wildman–Crippen MR) is 45.5 cm³/mol. The zero-order valence-electron chi connectivity index (χ0n) is 6.08. The Morgan fingerprint density at radius 2 is 2.18 bits per heavy atom. The molecular formula is C8H9FOS. The highest BCUT2D eigenvalue weighted by Crippen LogP contribution is 2.28. The van der Waals surface area contributed by atoms with Crippen LogP contribution in [0.25, 0.3) is 0 Å². The molecule has 0 aromatic heterocycles. The third-order valence-corrected chi connectivity index (χ3v) is 1.72. The van der Waals surface area contributed by atoms with Gasteiger partial charge in [-0.15, -0.1) is 0 Å². The molecular weight excluding hydrogens is 163 g/mol. The fraction of sp³-hybridized carbons (Fsp3) is 0.250. The molecule has 3 heteroatoms. The number of hydrogen-bond acceptors (Lipinski definition) is 2. The van der Waals surface area contributed by atoms with Crippen molar-refractivity contribution in [2.24, 2.45) is 0 Å². The number of benzene rings is 1. The maximum absolute atomic E-state index is 12.4. The Kier molecular flexibility index (Phi) is 2.39. The van der Waals surface area contributed by atoms with Crippen molar-refractivity contribution >= 4 is 12.6 Å². The van der Waals surface area contributed by atoms with Crippen LogP contribution in [0.4, 0.5) is 4.39 Å². The first kappa shape index (κ1) is 8.40. The third-order valence-electron chi connectivity index (χ3n) is 1.44. The molecule has 0 spiro atoms. The lowest BCUT2D eigenvalue weighted by molar-refractivity contribution is 0.462. The van der Waals surface area contributed by atoms with Gasteiger partial charge in [0, 0.05) is 16.9 Å². The summed E-state index contributed by atoms with van der Waals surface area (Å²) in [6, 6.07) is 3.92. The van der Waals surface area contributed by atoms with E-state index in [9.17, 15) is 9.50 Å². The number of aromatic hydroxyl groups is 1. The molecule has 1 nitrogen and oxygen atoms in total. The predicted octanol–water partition coefficient (Wildman–Crippen LogP) is 2.52. The summed E-state index contributed by atoms with van der Waals surface area (Å²) in [7, 11) is 0. The van der Waals surface area contributed by atoms with Crippen LogP contribution in [0.2, 0.25) is 0 Å². The number of hydrogen-bond donors (Lipinski definition) is 2. The second kappa shape index (κ2) is 3.13. The summed E-state index contributed by atoms with van der Waals surface area (Å²) >= 11 is 4.11. The van der Waals surface area contributed by atoms with Gasteiger partial charge in [0.2, 0.25) is 0 Å². The molecule has 1 unspecified atom stereocenters. The maximum atomic E-state index is 12.4. The van der Waals surface area contributed by atoms with E-state index in [-0.39, 0.29) is 11.0 Å². The summed E-state index contributed by atoms with van der Waals surface area (Å²) < 4.78 is 12.4. The van der Waals surface area contributed by atoms with Crippen molar-refractivity contribution in [2.75, 3.05) is 0 Å². The van der Waals surface area contributed by atoms with E-state index < -0.39 is 5.82 Å². The molecule has 0 aliphatic heterocycles. The summed E-state index contributed by atoms with van der Waals surface area (Å²) in [4.78, 5) is 0. The van der Waals surface area contributed by atoms with Gasteiger partial charge in [0.05, 0.1) is 0 Å². The van der Waals surface area contributed by atoms with Crippen LogP contribution < -0.4 is 0 Å². The number of thiol groups is 1. The van der Waals surface area contributed by atoms with E-state index in [4.69, 9.17) is 0 Å². The van der Waals surface area contributed by atoms with Crippen molar-refractivity contribution in [3.05, 3.63) is 29.6 Å². The summed E-state index contributed by atoms with van der Waals surface area (Å²) in [6.45, 7) is 1.82. The van der Waals surface area contributed by atoms with Crippen LogP contribution >= 0.6 is 12.6 Å². The van der Waals surface area contributed by atoms with Gasteiger partial charge in [-0.3, -0.25) is 0 Å². The molecule has 0 fully saturated rings. The SMILES string of the molecule is CC(S)c1ccc(F)cc1O. The molecule has 0 saturated carbocycles. The van der Waals surface area contributed by atoms with Crippen molar-refractivity contribution in [1.82, 2.24) is 0 Å². The molecule has 0 bridgehead atoms. The van der Waals surface area contributed by atoms with E-state index in [1.165, 1.54) is 12.1 Å². The molecule has 60 valence electrons. The molecule has 11 heavy (non-hydrogen) atoms. The molecule has 0 aliphatic carbocycles. The Balaban J connectivity index is 3.09. The third kappa shape index (κ3) is 1.87. The number of rotatable bonds is 1. The van der Waals surface area contributed by atoms with Crippen LogP contribution in [-0.4, -0.2) is 5.11 Å². The molecule has 0 aliphatic rings. The summed E-state index contributed by atoms with van der Waals surface area (Å²) in [5.41, 5.74) is 0.648. The van der Waals surface area contributed by atoms with Crippen molar-refractivity contribution in [3.8, 4) is 5.75 Å². The number of halogens is 1. The lowest BCUT2D eigenvalue weighted by atomic mass is 10.1. The average molecular weight is 172 g/mol. The highest BCUT2D eigenvalue weighted by Gasteiger charge is 2.05. The monoisotopic (exact) mass is 172 g/mol. The summed E-state index contributed by atoms with van der Waals surface area (Å²) in [5.74, 6) is -0.465. The minimum absolute atomic E-state index is 0.0347. The normalized spacial score (nSPS) is 13.0. The lowest BCUT2D eigenvalue weighted by Gasteiger charge is -2.06. The Labute approximate surface area is 70.3 Å². The first-order valence-corrected chi connectivity index (χ1v) is 3.79. The smallest absolute Gasteiger partial charge is 0.126 e. The first-order chi connectivity index (χ1) is 5.11. The van der Waals surface area contributed by atoms with Gasteiger partial charge in [-0.1, -0.05) is 6.07 Å². The van der Waals surface area contributed by atoms with Gasteiger partial charge in [0.1, 0.15) is 11.6 Å². The minimum atomic E-state index is -0.430. The molecule has 1 aromatic carbocycles. The van der Waals surface area contributed by atoms with Crippen molar-refractivity contribution < 1.29 is 9.50 Å². The Bertz CT molecular complexity index is 260. The summed E-state index contributed by atoms with van der Waals surface area (Å²) in [5, 5.41) is 9.10. The lowest BCUT2D eigenvalue weighted by Crippen LogP contribution is -1.85.